The van der Waals surface area contributed by atoms with Crippen molar-refractivity contribution in [2.24, 2.45) is 0 Å². The van der Waals surface area contributed by atoms with Crippen molar-refractivity contribution in [3.05, 3.63) is 29.1 Å². The van der Waals surface area contributed by atoms with Gasteiger partial charge in [-0.1, -0.05) is 12.1 Å². The van der Waals surface area contributed by atoms with Gasteiger partial charge in [0.15, 0.2) is 11.6 Å². The maximum atomic E-state index is 13.4. The Hall–Kier alpha value is -1.13. The van der Waals surface area contributed by atoms with E-state index in [1.807, 2.05) is 0 Å². The molecule has 4 heteroatoms. The third-order valence-corrected chi connectivity index (χ3v) is 2.64. The molecule has 0 spiro atoms. The first kappa shape index (κ1) is 10.4. The number of phenols is 1. The lowest BCUT2D eigenvalue weighted by molar-refractivity contribution is 0.0759. The zero-order valence-corrected chi connectivity index (χ0v) is 8.59. The molecular formula is C11H14FNO2. The molecule has 1 saturated heterocycles. The highest BCUT2D eigenvalue weighted by Gasteiger charge is 2.20. The van der Waals surface area contributed by atoms with E-state index in [0.717, 1.165) is 6.54 Å². The Kier molecular flexibility index (Phi) is 2.88. The largest absolute Gasteiger partial charge is 0.505 e. The lowest BCUT2D eigenvalue weighted by Crippen LogP contribution is -2.34. The van der Waals surface area contributed by atoms with Crippen LogP contribution >= 0.6 is 0 Å². The van der Waals surface area contributed by atoms with Crippen LogP contribution in [-0.2, 0) is 4.74 Å². The first-order valence-corrected chi connectivity index (χ1v) is 4.99. The summed E-state index contributed by atoms with van der Waals surface area (Å²) in [6.45, 7) is 3.48. The Morgan fingerprint density at radius 2 is 2.33 bits per heavy atom. The molecule has 3 nitrogen and oxygen atoms in total. The minimum Gasteiger partial charge on any atom is -0.505 e. The van der Waals surface area contributed by atoms with Crippen LogP contribution in [0.1, 0.15) is 17.2 Å². The fraction of sp³-hybridized carbons (Fsp3) is 0.455. The lowest BCUT2D eigenvalue weighted by atomic mass is 10.0. The Morgan fingerprint density at radius 3 is 3.00 bits per heavy atom. The highest BCUT2D eigenvalue weighted by Crippen LogP contribution is 2.29. The summed E-state index contributed by atoms with van der Waals surface area (Å²) in [6, 6.07) is 3.29. The van der Waals surface area contributed by atoms with E-state index in [2.05, 4.69) is 5.32 Å². The minimum atomic E-state index is -0.542. The molecule has 0 aromatic heterocycles. The second kappa shape index (κ2) is 4.16. The van der Waals surface area contributed by atoms with E-state index in [4.69, 9.17) is 4.74 Å². The van der Waals surface area contributed by atoms with Crippen molar-refractivity contribution in [3.8, 4) is 5.75 Å². The Morgan fingerprint density at radius 1 is 1.53 bits per heavy atom. The van der Waals surface area contributed by atoms with Crippen LogP contribution in [0.15, 0.2) is 12.1 Å². The molecule has 0 amide bonds. The van der Waals surface area contributed by atoms with E-state index in [1.54, 1.807) is 19.1 Å². The van der Waals surface area contributed by atoms with Gasteiger partial charge >= 0.3 is 0 Å². The number of aromatic hydroxyl groups is 1. The SMILES string of the molecule is Cc1ccc([C@@H]2COCCN2)c(O)c1F. The van der Waals surface area contributed by atoms with Crippen molar-refractivity contribution < 1.29 is 14.2 Å². The molecule has 82 valence electrons. The summed E-state index contributed by atoms with van der Waals surface area (Å²) in [6.07, 6.45) is 0. The number of ether oxygens (including phenoxy) is 1. The molecule has 0 bridgehead atoms. The monoisotopic (exact) mass is 211 g/mol. The molecule has 1 aromatic rings. The number of hydrogen-bond donors (Lipinski definition) is 2. The molecule has 0 unspecified atom stereocenters. The molecular weight excluding hydrogens is 197 g/mol. The van der Waals surface area contributed by atoms with Crippen molar-refractivity contribution in [3.63, 3.8) is 0 Å². The van der Waals surface area contributed by atoms with Crippen LogP contribution in [0, 0.1) is 12.7 Å². The normalized spacial score (nSPS) is 21.6. The molecule has 1 aromatic carbocycles. The predicted molar refractivity (Wildman–Crippen MR) is 54.4 cm³/mol. The van der Waals surface area contributed by atoms with Crippen LogP contribution in [0.25, 0.3) is 0 Å². The lowest BCUT2D eigenvalue weighted by Gasteiger charge is -2.25. The third kappa shape index (κ3) is 1.96. The van der Waals surface area contributed by atoms with Crippen LogP contribution in [0.4, 0.5) is 4.39 Å². The summed E-state index contributed by atoms with van der Waals surface area (Å²) in [5, 5.41) is 12.8. The van der Waals surface area contributed by atoms with Crippen molar-refractivity contribution >= 4 is 0 Å². The van der Waals surface area contributed by atoms with Crippen LogP contribution in [0.3, 0.4) is 0 Å². The summed E-state index contributed by atoms with van der Waals surface area (Å²) in [4.78, 5) is 0. The molecule has 1 heterocycles. The number of benzene rings is 1. The Bertz CT molecular complexity index is 362. The first-order chi connectivity index (χ1) is 7.20. The van der Waals surface area contributed by atoms with E-state index < -0.39 is 5.82 Å². The predicted octanol–water partition coefficient (Wildman–Crippen LogP) is 1.50. The number of halogens is 1. The second-order valence-electron chi connectivity index (χ2n) is 3.72. The number of morpholine rings is 1. The van der Waals surface area contributed by atoms with Gasteiger partial charge in [-0.25, -0.2) is 4.39 Å². The smallest absolute Gasteiger partial charge is 0.168 e. The van der Waals surface area contributed by atoms with Crippen LogP contribution in [0.5, 0.6) is 5.75 Å². The Balaban J connectivity index is 2.31. The van der Waals surface area contributed by atoms with Gasteiger partial charge < -0.3 is 15.2 Å². The zero-order valence-electron chi connectivity index (χ0n) is 8.59. The summed E-state index contributed by atoms with van der Waals surface area (Å²) in [7, 11) is 0. The van der Waals surface area contributed by atoms with Gasteiger partial charge in [-0.2, -0.15) is 0 Å². The maximum Gasteiger partial charge on any atom is 0.168 e. The van der Waals surface area contributed by atoms with Gasteiger partial charge in [-0.15, -0.1) is 0 Å². The summed E-state index contributed by atoms with van der Waals surface area (Å²) >= 11 is 0. The summed E-state index contributed by atoms with van der Waals surface area (Å²) in [5.41, 5.74) is 1.02. The van der Waals surface area contributed by atoms with Crippen molar-refractivity contribution in [2.45, 2.75) is 13.0 Å². The van der Waals surface area contributed by atoms with Crippen LogP contribution in [0.2, 0.25) is 0 Å². The summed E-state index contributed by atoms with van der Waals surface area (Å²) in [5.74, 6) is -0.808. The number of phenolic OH excluding ortho intramolecular Hbond substituents is 1. The molecule has 1 aliphatic rings. The molecule has 1 atom stereocenters. The highest BCUT2D eigenvalue weighted by molar-refractivity contribution is 5.40. The zero-order chi connectivity index (χ0) is 10.8. The van der Waals surface area contributed by atoms with E-state index in [0.29, 0.717) is 24.3 Å². The quantitative estimate of drug-likeness (QED) is 0.739. The number of aryl methyl sites for hydroxylation is 1. The minimum absolute atomic E-state index is 0.117. The second-order valence-corrected chi connectivity index (χ2v) is 3.72. The van der Waals surface area contributed by atoms with Crippen molar-refractivity contribution in [1.29, 1.82) is 0 Å². The molecule has 1 fully saturated rings. The van der Waals surface area contributed by atoms with E-state index in [9.17, 15) is 9.50 Å². The fourth-order valence-corrected chi connectivity index (χ4v) is 1.73. The van der Waals surface area contributed by atoms with Crippen molar-refractivity contribution in [2.75, 3.05) is 19.8 Å². The van der Waals surface area contributed by atoms with E-state index in [1.165, 1.54) is 0 Å². The first-order valence-electron chi connectivity index (χ1n) is 4.99. The molecule has 0 radical (unpaired) electrons. The van der Waals surface area contributed by atoms with Gasteiger partial charge in [0.25, 0.3) is 0 Å². The van der Waals surface area contributed by atoms with Crippen molar-refractivity contribution in [1.82, 2.24) is 5.32 Å². The van der Waals surface area contributed by atoms with Gasteiger partial charge in [0.05, 0.1) is 19.3 Å². The molecule has 0 aliphatic carbocycles. The standard InChI is InChI=1S/C11H14FNO2/c1-7-2-3-8(11(14)10(7)12)9-6-15-5-4-13-9/h2-3,9,13-14H,4-6H2,1H3/t9-/m0/s1. The topological polar surface area (TPSA) is 41.5 Å². The number of hydrogen-bond acceptors (Lipinski definition) is 3. The van der Waals surface area contributed by atoms with Crippen LogP contribution < -0.4 is 5.32 Å². The van der Waals surface area contributed by atoms with E-state index in [-0.39, 0.29) is 11.8 Å². The molecule has 2 N–H and O–H groups in total. The maximum absolute atomic E-state index is 13.4. The van der Waals surface area contributed by atoms with Gasteiger partial charge in [0.2, 0.25) is 0 Å². The molecule has 1 aliphatic heterocycles. The summed E-state index contributed by atoms with van der Waals surface area (Å²) < 4.78 is 18.7. The molecule has 2 rings (SSSR count). The van der Waals surface area contributed by atoms with Gasteiger partial charge in [0.1, 0.15) is 0 Å². The van der Waals surface area contributed by atoms with Gasteiger partial charge in [0, 0.05) is 12.1 Å². The van der Waals surface area contributed by atoms with E-state index >= 15 is 0 Å². The van der Waals surface area contributed by atoms with Crippen LogP contribution in [-0.4, -0.2) is 24.9 Å². The highest BCUT2D eigenvalue weighted by atomic mass is 19.1. The molecule has 15 heavy (non-hydrogen) atoms. The van der Waals surface area contributed by atoms with Gasteiger partial charge in [-0.3, -0.25) is 0 Å². The number of rotatable bonds is 1. The third-order valence-electron chi connectivity index (χ3n) is 2.64. The molecule has 0 saturated carbocycles. The Labute approximate surface area is 87.9 Å². The average molecular weight is 211 g/mol. The van der Waals surface area contributed by atoms with Gasteiger partial charge in [-0.05, 0) is 12.5 Å². The average Bonchev–Trinajstić information content (AvgIpc) is 2.27. The fourth-order valence-electron chi connectivity index (χ4n) is 1.73. The number of nitrogens with one attached hydrogen (secondary N) is 1.